The molecule has 1 fully saturated rings. The van der Waals surface area contributed by atoms with E-state index in [2.05, 4.69) is 76.3 Å². The summed E-state index contributed by atoms with van der Waals surface area (Å²) >= 11 is 1.40. The molecule has 222 valence electrons. The maximum atomic E-state index is 13.4. The van der Waals surface area contributed by atoms with Crippen LogP contribution in [0.25, 0.3) is 11.1 Å². The summed E-state index contributed by atoms with van der Waals surface area (Å²) in [5, 5.41) is 3.31. The molecule has 0 unspecified atom stereocenters. The summed E-state index contributed by atoms with van der Waals surface area (Å²) in [5.41, 5.74) is 5.86. The number of epoxide rings is 1. The van der Waals surface area contributed by atoms with Gasteiger partial charge in [-0.05, 0) is 46.6 Å². The molecule has 4 atom stereocenters. The third-order valence-electron chi connectivity index (χ3n) is 8.06. The van der Waals surface area contributed by atoms with Gasteiger partial charge in [-0.25, -0.2) is 4.79 Å². The maximum Gasteiger partial charge on any atom is 0.407 e. The van der Waals surface area contributed by atoms with Gasteiger partial charge in [0.15, 0.2) is 5.12 Å². The van der Waals surface area contributed by atoms with Crippen molar-refractivity contribution in [1.29, 1.82) is 0 Å². The first-order valence-corrected chi connectivity index (χ1v) is 16.0. The molecule has 5 nitrogen and oxygen atoms in total. The number of hydrogen-bond donors (Lipinski definition) is 1. The molecule has 3 aromatic carbocycles. The van der Waals surface area contributed by atoms with Gasteiger partial charge in [0.25, 0.3) is 0 Å². The van der Waals surface area contributed by atoms with E-state index in [1.807, 2.05) is 42.5 Å². The Kier molecular flexibility index (Phi) is 9.44. The molecule has 42 heavy (non-hydrogen) atoms. The second-order valence-electron chi connectivity index (χ2n) is 12.9. The molecule has 0 saturated carbocycles. The van der Waals surface area contributed by atoms with Crippen LogP contribution in [0.4, 0.5) is 4.79 Å². The highest BCUT2D eigenvalue weighted by molar-refractivity contribution is 8.14. The lowest BCUT2D eigenvalue weighted by Gasteiger charge is -2.22. The fourth-order valence-corrected chi connectivity index (χ4v) is 7.01. The Labute approximate surface area is 254 Å². The third kappa shape index (κ3) is 7.45. The minimum atomic E-state index is -0.457. The van der Waals surface area contributed by atoms with Crippen molar-refractivity contribution in [3.63, 3.8) is 0 Å². The highest BCUT2D eigenvalue weighted by atomic mass is 32.2. The predicted molar refractivity (Wildman–Crippen MR) is 171 cm³/mol. The van der Waals surface area contributed by atoms with Crippen LogP contribution in [-0.4, -0.2) is 40.8 Å². The number of carbonyl (C=O) groups excluding carboxylic acids is 2. The molecular weight excluding hydrogens is 542 g/mol. The first kappa shape index (κ1) is 30.4. The summed E-state index contributed by atoms with van der Waals surface area (Å²) in [6.45, 7) is 10.8. The van der Waals surface area contributed by atoms with Crippen molar-refractivity contribution in [3.8, 4) is 11.1 Å². The molecule has 1 N–H and O–H groups in total. The normalized spacial score (nSPS) is 19.1. The molecule has 3 aromatic rings. The van der Waals surface area contributed by atoms with Gasteiger partial charge < -0.3 is 14.8 Å². The number of alkyl carbamates (subject to hydrolysis) is 1. The molecule has 1 saturated heterocycles. The maximum absolute atomic E-state index is 13.4. The van der Waals surface area contributed by atoms with Gasteiger partial charge in [0.1, 0.15) is 12.7 Å². The quantitative estimate of drug-likeness (QED) is 0.231. The molecule has 1 heterocycles. The van der Waals surface area contributed by atoms with Gasteiger partial charge in [-0.15, -0.1) is 0 Å². The number of fused-ring (bicyclic) bond motifs is 3. The molecule has 2 aliphatic rings. The van der Waals surface area contributed by atoms with Crippen LogP contribution in [0.5, 0.6) is 0 Å². The van der Waals surface area contributed by atoms with E-state index < -0.39 is 6.09 Å². The Morgan fingerprint density at radius 3 is 2.05 bits per heavy atom. The van der Waals surface area contributed by atoms with Gasteiger partial charge in [0.05, 0.1) is 18.1 Å². The fraction of sp³-hybridized carbons (Fsp3) is 0.444. The number of benzene rings is 3. The molecule has 0 spiro atoms. The standard InChI is InChI=1S/C36H43NO4S/c1-23(2)19-20-29(34(38)42-36(3,4)5)32-33(41-32)31(21-24-13-7-6-8-14-24)37-35(39)40-22-30-27-17-11-9-15-25(27)26-16-10-12-18-28(26)30/h6-18,23,29-33H,19-22H2,1-5H3,(H,37,39)/t29-,31-,32+,33+/m0/s1. The Morgan fingerprint density at radius 1 is 0.857 bits per heavy atom. The highest BCUT2D eigenvalue weighted by Gasteiger charge is 2.52. The second kappa shape index (κ2) is 13.0. The summed E-state index contributed by atoms with van der Waals surface area (Å²) in [5.74, 6) is 0.286. The number of ether oxygens (including phenoxy) is 2. The van der Waals surface area contributed by atoms with Crippen molar-refractivity contribution < 1.29 is 19.1 Å². The molecule has 1 aliphatic carbocycles. The number of carbonyl (C=O) groups is 2. The minimum Gasteiger partial charge on any atom is -0.449 e. The Balaban J connectivity index is 1.29. The number of nitrogens with one attached hydrogen (secondary N) is 1. The molecule has 1 aliphatic heterocycles. The van der Waals surface area contributed by atoms with Crippen LogP contribution in [-0.2, 0) is 20.7 Å². The third-order valence-corrected chi connectivity index (χ3v) is 9.18. The molecule has 0 radical (unpaired) electrons. The zero-order valence-corrected chi connectivity index (χ0v) is 26.2. The molecule has 1 amide bonds. The lowest BCUT2D eigenvalue weighted by Crippen LogP contribution is -2.42. The van der Waals surface area contributed by atoms with Crippen LogP contribution in [0, 0.1) is 11.8 Å². The van der Waals surface area contributed by atoms with Gasteiger partial charge >= 0.3 is 6.09 Å². The Bertz CT molecular complexity index is 1340. The minimum absolute atomic E-state index is 0.00638. The van der Waals surface area contributed by atoms with E-state index in [-0.39, 0.29) is 46.6 Å². The first-order valence-electron chi connectivity index (χ1n) is 15.1. The Hall–Kier alpha value is -3.09. The van der Waals surface area contributed by atoms with Gasteiger partial charge in [-0.1, -0.05) is 132 Å². The van der Waals surface area contributed by atoms with Crippen molar-refractivity contribution in [1.82, 2.24) is 5.32 Å². The van der Waals surface area contributed by atoms with Crippen LogP contribution < -0.4 is 5.32 Å². The van der Waals surface area contributed by atoms with Crippen molar-refractivity contribution >= 4 is 23.0 Å². The van der Waals surface area contributed by atoms with Crippen LogP contribution in [0.3, 0.4) is 0 Å². The van der Waals surface area contributed by atoms with Crippen molar-refractivity contribution in [3.05, 3.63) is 95.6 Å². The van der Waals surface area contributed by atoms with E-state index >= 15 is 0 Å². The molecule has 0 bridgehead atoms. The number of rotatable bonds is 11. The van der Waals surface area contributed by atoms with Crippen LogP contribution >= 0.6 is 11.8 Å². The second-order valence-corrected chi connectivity index (χ2v) is 14.8. The number of thioether (sulfide) groups is 1. The summed E-state index contributed by atoms with van der Waals surface area (Å²) < 4.78 is 12.0. The summed E-state index contributed by atoms with van der Waals surface area (Å²) in [6.07, 6.45) is 1.42. The zero-order chi connectivity index (χ0) is 29.9. The van der Waals surface area contributed by atoms with Crippen LogP contribution in [0.15, 0.2) is 78.9 Å². The van der Waals surface area contributed by atoms with Gasteiger partial charge in [-0.3, -0.25) is 4.79 Å². The highest BCUT2D eigenvalue weighted by Crippen LogP contribution is 2.45. The smallest absolute Gasteiger partial charge is 0.407 e. The summed E-state index contributed by atoms with van der Waals surface area (Å²) in [7, 11) is 0. The predicted octanol–water partition coefficient (Wildman–Crippen LogP) is 8.01. The van der Waals surface area contributed by atoms with Gasteiger partial charge in [-0.2, -0.15) is 0 Å². The van der Waals surface area contributed by atoms with E-state index in [4.69, 9.17) is 9.47 Å². The van der Waals surface area contributed by atoms with E-state index in [1.54, 1.807) is 0 Å². The van der Waals surface area contributed by atoms with Gasteiger partial charge in [0.2, 0.25) is 0 Å². The lowest BCUT2D eigenvalue weighted by molar-refractivity contribution is -0.115. The SMILES string of the molecule is CC(C)CC[C@H](C(=O)SC(C)(C)C)[C@H]1O[C@@H]1[C@H](Cc1ccccc1)NC(=O)OCC1c2ccccc2-c2ccccc21. The van der Waals surface area contributed by atoms with E-state index in [1.165, 1.54) is 34.0 Å². The first-order chi connectivity index (χ1) is 20.1. The van der Waals surface area contributed by atoms with E-state index in [9.17, 15) is 9.59 Å². The van der Waals surface area contributed by atoms with Crippen molar-refractivity contribution in [2.75, 3.05) is 6.61 Å². The lowest BCUT2D eigenvalue weighted by atomic mass is 9.91. The molecule has 0 aromatic heterocycles. The summed E-state index contributed by atoms with van der Waals surface area (Å²) in [4.78, 5) is 26.7. The fourth-order valence-electron chi connectivity index (χ4n) is 6.00. The van der Waals surface area contributed by atoms with Crippen LogP contribution in [0.1, 0.15) is 70.1 Å². The van der Waals surface area contributed by atoms with Crippen molar-refractivity contribution in [2.24, 2.45) is 11.8 Å². The average molecular weight is 586 g/mol. The largest absolute Gasteiger partial charge is 0.449 e. The summed E-state index contributed by atoms with van der Waals surface area (Å²) in [6, 6.07) is 26.4. The molecule has 5 rings (SSSR count). The van der Waals surface area contributed by atoms with E-state index in [0.29, 0.717) is 12.3 Å². The van der Waals surface area contributed by atoms with Gasteiger partial charge in [0, 0.05) is 10.7 Å². The van der Waals surface area contributed by atoms with E-state index in [0.717, 1.165) is 18.4 Å². The molecule has 6 heteroatoms. The zero-order valence-electron chi connectivity index (χ0n) is 25.3. The van der Waals surface area contributed by atoms with Crippen molar-refractivity contribution in [2.45, 2.75) is 82.8 Å². The number of amides is 1. The monoisotopic (exact) mass is 585 g/mol. The topological polar surface area (TPSA) is 67.9 Å². The number of hydrogen-bond acceptors (Lipinski definition) is 5. The Morgan fingerprint density at radius 2 is 1.45 bits per heavy atom. The molecular formula is C36H43NO4S. The van der Waals surface area contributed by atoms with Crippen LogP contribution in [0.2, 0.25) is 0 Å². The average Bonchev–Trinajstić information content (AvgIpc) is 3.66.